The summed E-state index contributed by atoms with van der Waals surface area (Å²) in [6, 6.07) is 8.43. The summed E-state index contributed by atoms with van der Waals surface area (Å²) in [6.45, 7) is 0. The molecule has 0 fully saturated rings. The van der Waals surface area contributed by atoms with Crippen LogP contribution < -0.4 is 4.74 Å². The summed E-state index contributed by atoms with van der Waals surface area (Å²) in [5.41, 5.74) is 0.129. The minimum Gasteiger partial charge on any atom is -0.503 e. The summed E-state index contributed by atoms with van der Waals surface area (Å²) in [4.78, 5) is 4.17. The van der Waals surface area contributed by atoms with Crippen LogP contribution in [0.5, 0.6) is 11.5 Å². The molecule has 1 N–H and O–H groups in total. The second kappa shape index (κ2) is 7.21. The number of halogens is 4. The highest BCUT2D eigenvalue weighted by Gasteiger charge is 2.30. The molecule has 0 saturated carbocycles. The van der Waals surface area contributed by atoms with Gasteiger partial charge >= 0.3 is 6.18 Å². The Kier molecular flexibility index (Phi) is 5.13. The van der Waals surface area contributed by atoms with Gasteiger partial charge < -0.3 is 9.84 Å². The summed E-state index contributed by atoms with van der Waals surface area (Å²) in [7, 11) is 1.39. The number of hydrogen-bond donors (Lipinski definition) is 1. The third kappa shape index (κ3) is 3.91. The van der Waals surface area contributed by atoms with Crippen LogP contribution in [-0.2, 0) is 6.18 Å². The highest BCUT2D eigenvalue weighted by Crippen LogP contribution is 2.37. The topological polar surface area (TPSA) is 66.1 Å². The van der Waals surface area contributed by atoms with Crippen LogP contribution in [0.25, 0.3) is 21.9 Å². The van der Waals surface area contributed by atoms with Crippen LogP contribution in [0, 0.1) is 11.3 Å². The highest BCUT2D eigenvalue weighted by molar-refractivity contribution is 9.10. The minimum atomic E-state index is -4.46. The molecule has 0 atom stereocenters. The van der Waals surface area contributed by atoms with Crippen LogP contribution in [0.1, 0.15) is 16.1 Å². The first-order valence-corrected chi connectivity index (χ1v) is 9.00. The summed E-state index contributed by atoms with van der Waals surface area (Å²) in [5, 5.41) is 19.6. The molecule has 4 nitrogen and oxygen atoms in total. The van der Waals surface area contributed by atoms with E-state index in [2.05, 4.69) is 20.9 Å². The molecule has 0 bridgehead atoms. The average molecular weight is 455 g/mol. The number of rotatable bonds is 3. The van der Waals surface area contributed by atoms with Crippen molar-refractivity contribution < 1.29 is 23.0 Å². The van der Waals surface area contributed by atoms with Crippen molar-refractivity contribution in [3.05, 3.63) is 50.9 Å². The number of thiazole rings is 1. The zero-order chi connectivity index (χ0) is 19.8. The molecule has 1 heterocycles. The van der Waals surface area contributed by atoms with Crippen LogP contribution >= 0.6 is 27.3 Å². The molecule has 2 aromatic carbocycles. The lowest BCUT2D eigenvalue weighted by Crippen LogP contribution is -2.03. The predicted molar refractivity (Wildman–Crippen MR) is 100 cm³/mol. The van der Waals surface area contributed by atoms with Gasteiger partial charge in [0.1, 0.15) is 11.1 Å². The first kappa shape index (κ1) is 19.2. The molecule has 138 valence electrons. The fourth-order valence-corrected chi connectivity index (χ4v) is 3.73. The second-order valence-electron chi connectivity index (χ2n) is 5.42. The molecule has 0 aliphatic heterocycles. The van der Waals surface area contributed by atoms with E-state index in [9.17, 15) is 23.5 Å². The number of fused-ring (bicyclic) bond motifs is 1. The number of benzene rings is 2. The van der Waals surface area contributed by atoms with Gasteiger partial charge in [-0.15, -0.1) is 11.3 Å². The van der Waals surface area contributed by atoms with E-state index in [0.717, 1.165) is 23.5 Å². The third-order valence-electron chi connectivity index (χ3n) is 3.65. The Morgan fingerprint density at radius 2 is 2.07 bits per heavy atom. The normalized spacial score (nSPS) is 12.2. The lowest BCUT2D eigenvalue weighted by Gasteiger charge is -2.06. The fourth-order valence-electron chi connectivity index (χ4n) is 2.36. The van der Waals surface area contributed by atoms with Crippen molar-refractivity contribution in [2.75, 3.05) is 7.11 Å². The number of phenolic OH excluding ortho intramolecular Hbond substituents is 1. The van der Waals surface area contributed by atoms with Crippen molar-refractivity contribution in [1.29, 1.82) is 5.26 Å². The smallest absolute Gasteiger partial charge is 0.416 e. The van der Waals surface area contributed by atoms with Gasteiger partial charge in [-0.2, -0.15) is 18.4 Å². The lowest BCUT2D eigenvalue weighted by molar-refractivity contribution is -0.137. The summed E-state index contributed by atoms with van der Waals surface area (Å²) in [5.74, 6) is 0.139. The van der Waals surface area contributed by atoms with E-state index in [1.807, 2.05) is 6.07 Å². The van der Waals surface area contributed by atoms with Crippen LogP contribution in [0.3, 0.4) is 0 Å². The molecular weight excluding hydrogens is 445 g/mol. The molecule has 0 amide bonds. The largest absolute Gasteiger partial charge is 0.503 e. The van der Waals surface area contributed by atoms with Gasteiger partial charge in [0.2, 0.25) is 0 Å². The Morgan fingerprint density at radius 1 is 1.33 bits per heavy atom. The van der Waals surface area contributed by atoms with Gasteiger partial charge in [-0.25, -0.2) is 4.98 Å². The quantitative estimate of drug-likeness (QED) is 0.503. The maximum Gasteiger partial charge on any atom is 0.416 e. The molecule has 0 unspecified atom stereocenters. The summed E-state index contributed by atoms with van der Waals surface area (Å²) < 4.78 is 44.5. The van der Waals surface area contributed by atoms with E-state index in [-0.39, 0.29) is 22.6 Å². The van der Waals surface area contributed by atoms with Crippen molar-refractivity contribution in [3.63, 3.8) is 0 Å². The van der Waals surface area contributed by atoms with Crippen molar-refractivity contribution >= 4 is 49.1 Å². The number of nitriles is 1. The molecular formula is C18H10BrF3N2O2S. The van der Waals surface area contributed by atoms with Crippen LogP contribution in [-0.4, -0.2) is 17.2 Å². The first-order chi connectivity index (χ1) is 12.7. The zero-order valence-corrected chi connectivity index (χ0v) is 16.0. The molecule has 3 rings (SSSR count). The monoisotopic (exact) mass is 454 g/mol. The summed E-state index contributed by atoms with van der Waals surface area (Å²) >= 11 is 4.32. The van der Waals surface area contributed by atoms with Crippen LogP contribution in [0.4, 0.5) is 13.2 Å². The van der Waals surface area contributed by atoms with Gasteiger partial charge in [-0.1, -0.05) is 0 Å². The van der Waals surface area contributed by atoms with E-state index >= 15 is 0 Å². The number of alkyl halides is 3. The minimum absolute atomic E-state index is 0.0761. The van der Waals surface area contributed by atoms with Gasteiger partial charge in [0.15, 0.2) is 11.5 Å². The predicted octanol–water partition coefficient (Wildman–Crippen LogP) is 5.86. The fraction of sp³-hybridized carbons (Fsp3) is 0.111. The SMILES string of the molecule is COc1cc(/C=C(\C#N)c2nc3cc(C(F)(F)F)ccc3s2)cc(Br)c1O. The number of nitrogens with zero attached hydrogens (tertiary/aromatic N) is 2. The maximum atomic E-state index is 12.9. The highest BCUT2D eigenvalue weighted by atomic mass is 79.9. The van der Waals surface area contributed by atoms with Crippen molar-refractivity contribution in [1.82, 2.24) is 4.98 Å². The molecule has 0 aliphatic rings. The third-order valence-corrected chi connectivity index (χ3v) is 5.32. The van der Waals surface area contributed by atoms with E-state index in [1.165, 1.54) is 25.3 Å². The molecule has 0 saturated heterocycles. The number of phenols is 1. The molecule has 1 aromatic heterocycles. The zero-order valence-electron chi connectivity index (χ0n) is 13.6. The van der Waals surface area contributed by atoms with Gasteiger partial charge in [0.25, 0.3) is 0 Å². The number of aromatic hydroxyl groups is 1. The Hall–Kier alpha value is -2.57. The Labute approximate surface area is 164 Å². The van der Waals surface area contributed by atoms with E-state index < -0.39 is 11.7 Å². The number of methoxy groups -OCH3 is 1. The average Bonchev–Trinajstić information content (AvgIpc) is 3.04. The maximum absolute atomic E-state index is 12.9. The van der Waals surface area contributed by atoms with E-state index in [1.54, 1.807) is 6.07 Å². The number of allylic oxidation sites excluding steroid dienone is 1. The Bertz CT molecular complexity index is 1100. The molecule has 9 heteroatoms. The van der Waals surface area contributed by atoms with Crippen molar-refractivity contribution in [2.45, 2.75) is 6.18 Å². The lowest BCUT2D eigenvalue weighted by atomic mass is 10.1. The standard InChI is InChI=1S/C18H10BrF3N2O2S/c1-26-14-6-9(5-12(19)16(14)25)4-10(8-23)17-24-13-7-11(18(20,21)22)2-3-15(13)27-17/h2-7,25H,1H3/b10-4+. The van der Waals surface area contributed by atoms with Gasteiger partial charge in [0.05, 0.1) is 32.9 Å². The molecule has 0 spiro atoms. The van der Waals surface area contributed by atoms with Crippen molar-refractivity contribution in [3.8, 4) is 17.6 Å². The van der Waals surface area contributed by atoms with E-state index in [4.69, 9.17) is 4.74 Å². The van der Waals surface area contributed by atoms with E-state index in [0.29, 0.717) is 19.7 Å². The molecule has 3 aromatic rings. The molecule has 0 radical (unpaired) electrons. The van der Waals surface area contributed by atoms with Gasteiger partial charge in [-0.3, -0.25) is 0 Å². The van der Waals surface area contributed by atoms with Crippen LogP contribution in [0.15, 0.2) is 34.8 Å². The van der Waals surface area contributed by atoms with Gasteiger partial charge in [-0.05, 0) is 57.9 Å². The van der Waals surface area contributed by atoms with Gasteiger partial charge in [0, 0.05) is 0 Å². The number of hydrogen-bond acceptors (Lipinski definition) is 5. The number of aromatic nitrogens is 1. The Morgan fingerprint density at radius 3 is 2.70 bits per heavy atom. The molecule has 0 aliphatic carbocycles. The second-order valence-corrected chi connectivity index (χ2v) is 7.31. The molecule has 27 heavy (non-hydrogen) atoms. The number of ether oxygens (including phenoxy) is 1. The first-order valence-electron chi connectivity index (χ1n) is 7.39. The van der Waals surface area contributed by atoms with Crippen LogP contribution in [0.2, 0.25) is 0 Å². The Balaban J connectivity index is 2.07. The summed E-state index contributed by atoms with van der Waals surface area (Å²) in [6.07, 6.45) is -2.93. The van der Waals surface area contributed by atoms with Crippen molar-refractivity contribution in [2.24, 2.45) is 0 Å².